The van der Waals surface area contributed by atoms with E-state index in [1.165, 1.54) is 0 Å². The number of rotatable bonds is 5. The monoisotopic (exact) mass is 292 g/mol. The first kappa shape index (κ1) is 15.3. The van der Waals surface area contributed by atoms with Gasteiger partial charge in [0.1, 0.15) is 5.56 Å². The first-order chi connectivity index (χ1) is 8.82. The van der Waals surface area contributed by atoms with E-state index in [0.717, 1.165) is 0 Å². The van der Waals surface area contributed by atoms with Crippen LogP contribution >= 0.6 is 11.6 Å². The molecule has 1 rings (SSSR count). The molecule has 19 heavy (non-hydrogen) atoms. The summed E-state index contributed by atoms with van der Waals surface area (Å²) in [4.78, 5) is 21.4. The third kappa shape index (κ3) is 4.13. The molecule has 0 aliphatic rings. The van der Waals surface area contributed by atoms with Crippen molar-refractivity contribution in [1.82, 2.24) is 5.32 Å². The molecular weight excluding hydrogens is 282 g/mol. The van der Waals surface area contributed by atoms with Gasteiger partial charge in [-0.15, -0.1) is 11.6 Å². The van der Waals surface area contributed by atoms with E-state index in [9.17, 15) is 23.7 Å². The summed E-state index contributed by atoms with van der Waals surface area (Å²) in [7, 11) is 0. The Morgan fingerprint density at radius 1 is 1.47 bits per heavy atom. The number of nitro benzene ring substituents is 1. The Bertz CT molecular complexity index is 509. The second-order valence-corrected chi connectivity index (χ2v) is 4.61. The van der Waals surface area contributed by atoms with Crippen LogP contribution in [0, 0.1) is 21.7 Å². The number of nitro groups is 1. The molecule has 0 aromatic heterocycles. The van der Waals surface area contributed by atoms with Crippen LogP contribution < -0.4 is 5.32 Å². The zero-order chi connectivity index (χ0) is 14.6. The van der Waals surface area contributed by atoms with Crippen LogP contribution in [0.4, 0.5) is 14.5 Å². The predicted octanol–water partition coefficient (Wildman–Crippen LogP) is 2.62. The molecule has 1 aromatic rings. The molecule has 0 spiro atoms. The predicted molar refractivity (Wildman–Crippen MR) is 65.3 cm³/mol. The highest BCUT2D eigenvalue weighted by Crippen LogP contribution is 2.22. The number of hydrogen-bond acceptors (Lipinski definition) is 3. The highest BCUT2D eigenvalue weighted by molar-refractivity contribution is 6.20. The average Bonchev–Trinajstić information content (AvgIpc) is 2.31. The molecule has 8 heteroatoms. The Kier molecular flexibility index (Phi) is 5.17. The SMILES string of the molecule is CC(Cl)CCNC(=O)c1cc(F)c(F)cc1[N+](=O)[O-]. The van der Waals surface area contributed by atoms with E-state index in [1.54, 1.807) is 6.92 Å². The third-order valence-corrected chi connectivity index (χ3v) is 2.53. The van der Waals surface area contributed by atoms with E-state index in [-0.39, 0.29) is 11.9 Å². The molecule has 0 heterocycles. The van der Waals surface area contributed by atoms with Gasteiger partial charge < -0.3 is 5.32 Å². The standard InChI is InChI=1S/C11H11ClF2N2O3/c1-6(12)2-3-15-11(17)7-4-8(13)9(14)5-10(7)16(18)19/h4-6H,2-3H2,1H3,(H,15,17). The fraction of sp³-hybridized carbons (Fsp3) is 0.364. The topological polar surface area (TPSA) is 72.2 Å². The fourth-order valence-corrected chi connectivity index (χ4v) is 1.46. The van der Waals surface area contributed by atoms with E-state index >= 15 is 0 Å². The van der Waals surface area contributed by atoms with Crippen molar-refractivity contribution in [2.75, 3.05) is 6.54 Å². The van der Waals surface area contributed by atoms with E-state index < -0.39 is 33.7 Å². The van der Waals surface area contributed by atoms with E-state index in [4.69, 9.17) is 11.6 Å². The average molecular weight is 293 g/mol. The largest absolute Gasteiger partial charge is 0.352 e. The second kappa shape index (κ2) is 6.42. The van der Waals surface area contributed by atoms with Gasteiger partial charge in [-0.3, -0.25) is 14.9 Å². The molecule has 0 bridgehead atoms. The summed E-state index contributed by atoms with van der Waals surface area (Å²) in [6, 6.07) is 0.890. The van der Waals surface area contributed by atoms with Gasteiger partial charge in [-0.1, -0.05) is 0 Å². The minimum Gasteiger partial charge on any atom is -0.352 e. The number of carbonyl (C=O) groups is 1. The minimum absolute atomic E-state index is 0.180. The van der Waals surface area contributed by atoms with Gasteiger partial charge in [-0.25, -0.2) is 8.78 Å². The van der Waals surface area contributed by atoms with Crippen molar-refractivity contribution in [1.29, 1.82) is 0 Å². The Morgan fingerprint density at radius 2 is 2.05 bits per heavy atom. The van der Waals surface area contributed by atoms with Gasteiger partial charge in [-0.05, 0) is 19.4 Å². The Labute approximate surface area is 112 Å². The van der Waals surface area contributed by atoms with Crippen molar-refractivity contribution in [3.05, 3.63) is 39.4 Å². The van der Waals surface area contributed by atoms with Crippen LogP contribution in [0.15, 0.2) is 12.1 Å². The number of nitrogens with zero attached hydrogens (tertiary/aromatic N) is 1. The fourth-order valence-electron chi connectivity index (χ4n) is 1.35. The lowest BCUT2D eigenvalue weighted by atomic mass is 10.1. The second-order valence-electron chi connectivity index (χ2n) is 3.87. The highest BCUT2D eigenvalue weighted by Gasteiger charge is 2.23. The summed E-state index contributed by atoms with van der Waals surface area (Å²) < 4.78 is 25.9. The molecule has 1 unspecified atom stereocenters. The number of hydrogen-bond donors (Lipinski definition) is 1. The van der Waals surface area contributed by atoms with Crippen LogP contribution in [-0.4, -0.2) is 22.8 Å². The summed E-state index contributed by atoms with van der Waals surface area (Å²) in [6.07, 6.45) is 0.449. The number of amides is 1. The maximum Gasteiger partial charge on any atom is 0.285 e. The summed E-state index contributed by atoms with van der Waals surface area (Å²) in [5, 5.41) is 12.9. The van der Waals surface area contributed by atoms with Crippen molar-refractivity contribution >= 4 is 23.2 Å². The Morgan fingerprint density at radius 3 is 2.58 bits per heavy atom. The molecule has 0 aliphatic heterocycles. The van der Waals surface area contributed by atoms with E-state index in [0.29, 0.717) is 18.6 Å². The van der Waals surface area contributed by atoms with Gasteiger partial charge in [-0.2, -0.15) is 0 Å². The molecule has 1 N–H and O–H groups in total. The maximum absolute atomic E-state index is 13.0. The molecule has 104 valence electrons. The summed E-state index contributed by atoms with van der Waals surface area (Å²) in [6.45, 7) is 1.90. The van der Waals surface area contributed by atoms with Crippen molar-refractivity contribution in [3.8, 4) is 0 Å². The van der Waals surface area contributed by atoms with Gasteiger partial charge in [0.05, 0.1) is 11.0 Å². The first-order valence-corrected chi connectivity index (χ1v) is 5.82. The van der Waals surface area contributed by atoms with Crippen molar-refractivity contribution < 1.29 is 18.5 Å². The van der Waals surface area contributed by atoms with Crippen LogP contribution in [0.1, 0.15) is 23.7 Å². The zero-order valence-corrected chi connectivity index (χ0v) is 10.7. The lowest BCUT2D eigenvalue weighted by molar-refractivity contribution is -0.385. The number of nitrogens with one attached hydrogen (secondary N) is 1. The molecular formula is C11H11ClF2N2O3. The van der Waals surface area contributed by atoms with Gasteiger partial charge in [0.15, 0.2) is 11.6 Å². The quantitative estimate of drug-likeness (QED) is 0.515. The number of halogens is 3. The highest BCUT2D eigenvalue weighted by atomic mass is 35.5. The summed E-state index contributed by atoms with van der Waals surface area (Å²) in [5.41, 5.74) is -1.30. The van der Waals surface area contributed by atoms with Crippen molar-refractivity contribution in [2.45, 2.75) is 18.7 Å². The summed E-state index contributed by atoms with van der Waals surface area (Å²) >= 11 is 5.67. The Hall–Kier alpha value is -1.76. The van der Waals surface area contributed by atoms with Crippen molar-refractivity contribution in [2.24, 2.45) is 0 Å². The van der Waals surface area contributed by atoms with Crippen LogP contribution in [-0.2, 0) is 0 Å². The molecule has 1 amide bonds. The van der Waals surface area contributed by atoms with Gasteiger partial charge >= 0.3 is 0 Å². The number of alkyl halides is 1. The van der Waals surface area contributed by atoms with Crippen LogP contribution in [0.25, 0.3) is 0 Å². The minimum atomic E-state index is -1.38. The molecule has 5 nitrogen and oxygen atoms in total. The maximum atomic E-state index is 13.0. The number of carbonyl (C=O) groups excluding carboxylic acids is 1. The molecule has 1 atom stereocenters. The molecule has 0 fully saturated rings. The lowest BCUT2D eigenvalue weighted by Crippen LogP contribution is -2.26. The van der Waals surface area contributed by atoms with Crippen LogP contribution in [0.2, 0.25) is 0 Å². The van der Waals surface area contributed by atoms with Crippen molar-refractivity contribution in [3.63, 3.8) is 0 Å². The van der Waals surface area contributed by atoms with Gasteiger partial charge in [0, 0.05) is 11.9 Å². The number of benzene rings is 1. The lowest BCUT2D eigenvalue weighted by Gasteiger charge is -2.07. The molecule has 0 saturated carbocycles. The molecule has 0 aliphatic carbocycles. The normalized spacial score (nSPS) is 12.0. The third-order valence-electron chi connectivity index (χ3n) is 2.31. The summed E-state index contributed by atoms with van der Waals surface area (Å²) in [5.74, 6) is -3.54. The van der Waals surface area contributed by atoms with Crippen LogP contribution in [0.5, 0.6) is 0 Å². The van der Waals surface area contributed by atoms with E-state index in [2.05, 4.69) is 5.32 Å². The molecule has 1 aromatic carbocycles. The van der Waals surface area contributed by atoms with Gasteiger partial charge in [0.2, 0.25) is 0 Å². The first-order valence-electron chi connectivity index (χ1n) is 5.38. The van der Waals surface area contributed by atoms with E-state index in [1.807, 2.05) is 0 Å². The molecule has 0 saturated heterocycles. The zero-order valence-electron chi connectivity index (χ0n) is 9.95. The van der Waals surface area contributed by atoms with Gasteiger partial charge in [0.25, 0.3) is 11.6 Å². The molecule has 0 radical (unpaired) electrons. The Balaban J connectivity index is 2.95. The smallest absolute Gasteiger partial charge is 0.285 e. The van der Waals surface area contributed by atoms with Crippen LogP contribution in [0.3, 0.4) is 0 Å².